The fourth-order valence-corrected chi connectivity index (χ4v) is 3.82. The lowest BCUT2D eigenvalue weighted by molar-refractivity contribution is -0.116. The second kappa shape index (κ2) is 10.2. The summed E-state index contributed by atoms with van der Waals surface area (Å²) in [5, 5.41) is 2.55. The number of nitrogens with one attached hydrogen (secondary N) is 1. The van der Waals surface area contributed by atoms with Crippen molar-refractivity contribution in [3.63, 3.8) is 0 Å². The van der Waals surface area contributed by atoms with Gasteiger partial charge in [-0.2, -0.15) is 0 Å². The molecule has 3 rings (SSSR count). The Bertz CT molecular complexity index is 1080. The number of rotatable bonds is 10. The molecule has 2 aromatic rings. The number of anilines is 1. The average Bonchev–Trinajstić information content (AvgIpc) is 3.22. The molecule has 1 aliphatic heterocycles. The van der Waals surface area contributed by atoms with Crippen LogP contribution in [0.4, 0.5) is 5.88 Å². The van der Waals surface area contributed by atoms with E-state index < -0.39 is 5.97 Å². The first-order chi connectivity index (χ1) is 15.8. The highest BCUT2D eigenvalue weighted by Gasteiger charge is 2.34. The predicted octanol–water partition coefficient (Wildman–Crippen LogP) is 3.76. The van der Waals surface area contributed by atoms with Crippen LogP contribution in [0.15, 0.2) is 28.7 Å². The molecule has 0 spiro atoms. The summed E-state index contributed by atoms with van der Waals surface area (Å²) in [5.74, 6) is -1.97. The quantitative estimate of drug-likeness (QED) is 0.251. The van der Waals surface area contributed by atoms with E-state index in [1.165, 1.54) is 18.7 Å². The summed E-state index contributed by atoms with van der Waals surface area (Å²) in [7, 11) is 0. The summed E-state index contributed by atoms with van der Waals surface area (Å²) in [6.45, 7) is 4.87. The summed E-state index contributed by atoms with van der Waals surface area (Å²) < 4.78 is 10.5. The van der Waals surface area contributed by atoms with Gasteiger partial charge >= 0.3 is 5.97 Å². The number of ketones is 1. The molecule has 9 heteroatoms. The first-order valence-electron chi connectivity index (χ1n) is 10.8. The molecule has 1 N–H and O–H groups in total. The number of amides is 3. The van der Waals surface area contributed by atoms with Gasteiger partial charge in [-0.15, -0.1) is 0 Å². The van der Waals surface area contributed by atoms with E-state index in [0.29, 0.717) is 30.4 Å². The van der Waals surface area contributed by atoms with Gasteiger partial charge in [0.2, 0.25) is 11.8 Å². The van der Waals surface area contributed by atoms with Gasteiger partial charge < -0.3 is 9.15 Å². The van der Waals surface area contributed by atoms with Crippen molar-refractivity contribution in [1.29, 1.82) is 0 Å². The smallest absolute Gasteiger partial charge is 0.344 e. The second-order valence-electron chi connectivity index (χ2n) is 7.68. The third-order valence-corrected chi connectivity index (χ3v) is 5.33. The Morgan fingerprint density at radius 1 is 1.00 bits per heavy atom. The average molecular weight is 454 g/mol. The van der Waals surface area contributed by atoms with Gasteiger partial charge in [0.25, 0.3) is 11.8 Å². The molecule has 0 saturated carbocycles. The number of carbonyl (C=O) groups is 5. The van der Waals surface area contributed by atoms with Crippen molar-refractivity contribution in [2.45, 2.75) is 46.5 Å². The van der Waals surface area contributed by atoms with E-state index in [1.54, 1.807) is 31.2 Å². The van der Waals surface area contributed by atoms with Crippen LogP contribution in [0, 0.1) is 6.92 Å². The zero-order chi connectivity index (χ0) is 24.1. The minimum Gasteiger partial charge on any atom is -0.462 e. The third kappa shape index (κ3) is 5.02. The highest BCUT2D eigenvalue weighted by atomic mass is 16.5. The number of nitrogens with zero attached hydrogens (tertiary/aromatic N) is 1. The highest BCUT2D eigenvalue weighted by molar-refractivity contribution is 6.21. The highest BCUT2D eigenvalue weighted by Crippen LogP contribution is 2.29. The number of aryl methyl sites for hydroxylation is 1. The van der Waals surface area contributed by atoms with E-state index in [0.717, 1.165) is 0 Å². The maximum atomic E-state index is 12.4. The molecular formula is C24H26N2O7. The molecule has 0 fully saturated rings. The van der Waals surface area contributed by atoms with Crippen LogP contribution in [0.2, 0.25) is 0 Å². The zero-order valence-corrected chi connectivity index (χ0v) is 18.9. The van der Waals surface area contributed by atoms with Gasteiger partial charge in [0, 0.05) is 13.0 Å². The lowest BCUT2D eigenvalue weighted by Crippen LogP contribution is -2.30. The van der Waals surface area contributed by atoms with E-state index in [9.17, 15) is 24.0 Å². The Morgan fingerprint density at radius 3 is 2.21 bits per heavy atom. The first kappa shape index (κ1) is 23.9. The van der Waals surface area contributed by atoms with E-state index >= 15 is 0 Å². The number of carbonyl (C=O) groups excluding carboxylic acids is 5. The standard InChI is InChI=1S/C24H26N2O7/c1-4-32-24(31)20-19(14(2)27)15(3)33-21(20)25-18(28)12-6-5-9-13-26-22(29)16-10-7-8-11-17(16)23(26)30/h7-8,10-11H,4-6,9,12-13H2,1-3H3,(H,25,28). The first-order valence-corrected chi connectivity index (χ1v) is 10.8. The minimum atomic E-state index is -0.740. The summed E-state index contributed by atoms with van der Waals surface area (Å²) in [6, 6.07) is 6.72. The fourth-order valence-electron chi connectivity index (χ4n) is 3.82. The molecule has 3 amide bonds. The zero-order valence-electron chi connectivity index (χ0n) is 18.9. The van der Waals surface area contributed by atoms with Crippen molar-refractivity contribution in [1.82, 2.24) is 4.90 Å². The SMILES string of the molecule is CCOC(=O)c1c(NC(=O)CCCCCN2C(=O)c3ccccc3C2=O)oc(C)c1C(C)=O. The summed E-state index contributed by atoms with van der Waals surface area (Å²) in [5.41, 5.74) is 0.835. The third-order valence-electron chi connectivity index (χ3n) is 5.33. The number of imide groups is 1. The molecule has 33 heavy (non-hydrogen) atoms. The van der Waals surface area contributed by atoms with Gasteiger partial charge in [-0.1, -0.05) is 18.6 Å². The number of fused-ring (bicyclic) bond motifs is 1. The van der Waals surface area contributed by atoms with Gasteiger partial charge in [0.1, 0.15) is 11.3 Å². The topological polar surface area (TPSA) is 123 Å². The summed E-state index contributed by atoms with van der Waals surface area (Å²) >= 11 is 0. The summed E-state index contributed by atoms with van der Waals surface area (Å²) in [4.78, 5) is 62.6. The maximum Gasteiger partial charge on any atom is 0.344 e. The molecule has 0 aliphatic carbocycles. The molecule has 0 radical (unpaired) electrons. The van der Waals surface area contributed by atoms with Crippen LogP contribution in [0.3, 0.4) is 0 Å². The maximum absolute atomic E-state index is 12.4. The fraction of sp³-hybridized carbons (Fsp3) is 0.375. The van der Waals surface area contributed by atoms with Gasteiger partial charge in [0.05, 0.1) is 23.3 Å². The molecule has 0 bridgehead atoms. The monoisotopic (exact) mass is 454 g/mol. The number of Topliss-reactive ketones (excluding diaryl/α,β-unsaturated/α-hetero) is 1. The molecule has 174 valence electrons. The van der Waals surface area contributed by atoms with Crippen molar-refractivity contribution in [3.8, 4) is 0 Å². The van der Waals surface area contributed by atoms with Gasteiger partial charge in [-0.25, -0.2) is 4.79 Å². The normalized spacial score (nSPS) is 12.6. The second-order valence-corrected chi connectivity index (χ2v) is 7.68. The van der Waals surface area contributed by atoms with E-state index in [1.807, 2.05) is 0 Å². The van der Waals surface area contributed by atoms with Crippen LogP contribution < -0.4 is 5.32 Å². The van der Waals surface area contributed by atoms with Crippen molar-refractivity contribution in [2.75, 3.05) is 18.5 Å². The molecule has 0 atom stereocenters. The Labute approximate surface area is 191 Å². The largest absolute Gasteiger partial charge is 0.462 e. The number of hydrogen-bond donors (Lipinski definition) is 1. The molecule has 2 heterocycles. The van der Waals surface area contributed by atoms with Gasteiger partial charge in [0.15, 0.2) is 5.78 Å². The lowest BCUT2D eigenvalue weighted by atomic mass is 10.1. The predicted molar refractivity (Wildman–Crippen MR) is 118 cm³/mol. The van der Waals surface area contributed by atoms with Crippen LogP contribution in [-0.2, 0) is 9.53 Å². The number of unbranched alkanes of at least 4 members (excludes halogenated alkanes) is 2. The molecule has 0 unspecified atom stereocenters. The number of benzene rings is 1. The Kier molecular flexibility index (Phi) is 7.42. The number of furan rings is 1. The molecule has 0 saturated heterocycles. The molecule has 9 nitrogen and oxygen atoms in total. The minimum absolute atomic E-state index is 0.0826. The summed E-state index contributed by atoms with van der Waals surface area (Å²) in [6.07, 6.45) is 1.81. The Hall–Kier alpha value is -3.75. The van der Waals surface area contributed by atoms with Crippen LogP contribution in [-0.4, -0.2) is 47.5 Å². The Morgan fingerprint density at radius 2 is 1.64 bits per heavy atom. The van der Waals surface area contributed by atoms with Crippen LogP contribution in [0.5, 0.6) is 0 Å². The molecular weight excluding hydrogens is 428 g/mol. The molecule has 1 aliphatic rings. The van der Waals surface area contributed by atoms with E-state index in [2.05, 4.69) is 5.32 Å². The van der Waals surface area contributed by atoms with Crippen LogP contribution in [0.25, 0.3) is 0 Å². The van der Waals surface area contributed by atoms with Crippen LogP contribution in [0.1, 0.15) is 86.7 Å². The van der Waals surface area contributed by atoms with Crippen molar-refractivity contribution < 1.29 is 33.1 Å². The van der Waals surface area contributed by atoms with Gasteiger partial charge in [-0.3, -0.25) is 29.4 Å². The van der Waals surface area contributed by atoms with Crippen molar-refractivity contribution in [3.05, 3.63) is 52.3 Å². The number of ether oxygens (including phenoxy) is 1. The van der Waals surface area contributed by atoms with E-state index in [-0.39, 0.29) is 65.8 Å². The molecule has 1 aromatic carbocycles. The number of hydrogen-bond acceptors (Lipinski definition) is 7. The van der Waals surface area contributed by atoms with Crippen molar-refractivity contribution >= 4 is 35.4 Å². The lowest BCUT2D eigenvalue weighted by Gasteiger charge is -2.13. The Balaban J connectivity index is 1.51. The molecule has 1 aromatic heterocycles. The van der Waals surface area contributed by atoms with E-state index in [4.69, 9.17) is 9.15 Å². The van der Waals surface area contributed by atoms with Crippen molar-refractivity contribution in [2.24, 2.45) is 0 Å². The van der Waals surface area contributed by atoms with Crippen LogP contribution >= 0.6 is 0 Å². The number of esters is 1. The van der Waals surface area contributed by atoms with Gasteiger partial charge in [-0.05, 0) is 45.7 Å².